The van der Waals surface area contributed by atoms with Crippen LogP contribution in [0.1, 0.15) is 35.9 Å². The van der Waals surface area contributed by atoms with Crippen molar-refractivity contribution in [1.29, 1.82) is 0 Å². The van der Waals surface area contributed by atoms with E-state index in [1.165, 1.54) is 0 Å². The maximum absolute atomic E-state index is 12.3. The zero-order valence-electron chi connectivity index (χ0n) is 14.6. The molecule has 0 aliphatic heterocycles. The van der Waals surface area contributed by atoms with Crippen LogP contribution < -0.4 is 10.1 Å². The summed E-state index contributed by atoms with van der Waals surface area (Å²) in [4.78, 5) is 12.3. The molecule has 1 N–H and O–H groups in total. The van der Waals surface area contributed by atoms with E-state index in [1.54, 1.807) is 0 Å². The zero-order chi connectivity index (χ0) is 17.0. The first-order valence-corrected chi connectivity index (χ1v) is 7.94. The van der Waals surface area contributed by atoms with Crippen molar-refractivity contribution in [2.24, 2.45) is 7.05 Å². The van der Waals surface area contributed by atoms with Gasteiger partial charge in [0.25, 0.3) is 0 Å². The van der Waals surface area contributed by atoms with Crippen LogP contribution in [0.5, 0.6) is 5.75 Å². The standard InChI is InChI=1S/C18H25N3O2/c1-6-23-17-11-12(2)7-9-16(17)19-18(22)10-8-15-13(3)20-21(5)14(15)4/h7,9,11H,6,8,10H2,1-5H3,(H,19,22). The predicted octanol–water partition coefficient (Wildman–Crippen LogP) is 3.32. The van der Waals surface area contributed by atoms with Gasteiger partial charge in [0, 0.05) is 19.2 Å². The van der Waals surface area contributed by atoms with Gasteiger partial charge in [0.2, 0.25) is 5.91 Å². The molecule has 0 spiro atoms. The number of aryl methyl sites for hydroxylation is 3. The molecule has 1 aromatic carbocycles. The molecule has 124 valence electrons. The topological polar surface area (TPSA) is 56.1 Å². The van der Waals surface area contributed by atoms with Crippen LogP contribution >= 0.6 is 0 Å². The summed E-state index contributed by atoms with van der Waals surface area (Å²) in [6.07, 6.45) is 1.11. The van der Waals surface area contributed by atoms with Crippen molar-refractivity contribution in [3.05, 3.63) is 40.7 Å². The number of benzene rings is 1. The lowest BCUT2D eigenvalue weighted by Gasteiger charge is -2.12. The number of rotatable bonds is 6. The number of anilines is 1. The van der Waals surface area contributed by atoms with Gasteiger partial charge in [-0.05, 0) is 57.4 Å². The van der Waals surface area contributed by atoms with Crippen LogP contribution in [0.25, 0.3) is 0 Å². The van der Waals surface area contributed by atoms with E-state index in [0.29, 0.717) is 19.4 Å². The van der Waals surface area contributed by atoms with E-state index in [-0.39, 0.29) is 5.91 Å². The Bertz CT molecular complexity index is 705. The lowest BCUT2D eigenvalue weighted by atomic mass is 10.1. The molecule has 5 heteroatoms. The number of hydrogen-bond acceptors (Lipinski definition) is 3. The summed E-state index contributed by atoms with van der Waals surface area (Å²) in [5.74, 6) is 0.701. The zero-order valence-corrected chi connectivity index (χ0v) is 14.6. The molecule has 0 radical (unpaired) electrons. The summed E-state index contributed by atoms with van der Waals surface area (Å²) in [7, 11) is 1.92. The molecule has 2 aromatic rings. The quantitative estimate of drug-likeness (QED) is 0.889. The summed E-state index contributed by atoms with van der Waals surface area (Å²) in [6, 6.07) is 5.79. The number of aromatic nitrogens is 2. The average Bonchev–Trinajstić information content (AvgIpc) is 2.73. The second kappa shape index (κ2) is 7.31. The van der Waals surface area contributed by atoms with E-state index >= 15 is 0 Å². The third kappa shape index (κ3) is 4.12. The highest BCUT2D eigenvalue weighted by atomic mass is 16.5. The van der Waals surface area contributed by atoms with Crippen LogP contribution in [-0.4, -0.2) is 22.3 Å². The van der Waals surface area contributed by atoms with Gasteiger partial charge >= 0.3 is 0 Å². The van der Waals surface area contributed by atoms with E-state index < -0.39 is 0 Å². The number of nitrogens with one attached hydrogen (secondary N) is 1. The summed E-state index contributed by atoms with van der Waals surface area (Å²) >= 11 is 0. The van der Waals surface area contributed by atoms with Crippen LogP contribution in [0.3, 0.4) is 0 Å². The van der Waals surface area contributed by atoms with Gasteiger partial charge < -0.3 is 10.1 Å². The first-order valence-electron chi connectivity index (χ1n) is 7.94. The number of amides is 1. The summed E-state index contributed by atoms with van der Waals surface area (Å²) in [5, 5.41) is 7.33. The van der Waals surface area contributed by atoms with Gasteiger partial charge in [-0.25, -0.2) is 0 Å². The molecule has 1 amide bonds. The highest BCUT2D eigenvalue weighted by Crippen LogP contribution is 2.26. The minimum atomic E-state index is -0.0162. The highest BCUT2D eigenvalue weighted by molar-refractivity contribution is 5.92. The van der Waals surface area contributed by atoms with Crippen LogP contribution in [0.2, 0.25) is 0 Å². The molecule has 1 heterocycles. The predicted molar refractivity (Wildman–Crippen MR) is 92.0 cm³/mol. The Kier molecular flexibility index (Phi) is 5.42. The van der Waals surface area contributed by atoms with Crippen molar-refractivity contribution in [1.82, 2.24) is 9.78 Å². The van der Waals surface area contributed by atoms with Gasteiger partial charge in [0.05, 0.1) is 18.0 Å². The monoisotopic (exact) mass is 315 g/mol. The molecule has 2 rings (SSSR count). The average molecular weight is 315 g/mol. The normalized spacial score (nSPS) is 10.7. The molecule has 1 aromatic heterocycles. The fraction of sp³-hybridized carbons (Fsp3) is 0.444. The van der Waals surface area contributed by atoms with Gasteiger partial charge in [-0.1, -0.05) is 6.07 Å². The largest absolute Gasteiger partial charge is 0.492 e. The molecule has 0 atom stereocenters. The fourth-order valence-corrected chi connectivity index (χ4v) is 2.64. The second-order valence-electron chi connectivity index (χ2n) is 5.75. The minimum Gasteiger partial charge on any atom is -0.492 e. The van der Waals surface area contributed by atoms with E-state index in [0.717, 1.165) is 34.0 Å². The highest BCUT2D eigenvalue weighted by Gasteiger charge is 2.13. The SMILES string of the molecule is CCOc1cc(C)ccc1NC(=O)CCc1c(C)nn(C)c1C. The third-order valence-corrected chi connectivity index (χ3v) is 3.97. The van der Waals surface area contributed by atoms with Gasteiger partial charge in [-0.2, -0.15) is 5.10 Å². The molecule has 23 heavy (non-hydrogen) atoms. The number of carbonyl (C=O) groups excluding carboxylic acids is 1. The van der Waals surface area contributed by atoms with Gasteiger partial charge in [-0.3, -0.25) is 9.48 Å². The Morgan fingerprint density at radius 3 is 2.65 bits per heavy atom. The van der Waals surface area contributed by atoms with Crippen LogP contribution in [0.15, 0.2) is 18.2 Å². The van der Waals surface area contributed by atoms with Crippen LogP contribution in [-0.2, 0) is 18.3 Å². The number of nitrogens with zero attached hydrogens (tertiary/aromatic N) is 2. The Morgan fingerprint density at radius 1 is 1.30 bits per heavy atom. The van der Waals surface area contributed by atoms with Gasteiger partial charge in [-0.15, -0.1) is 0 Å². The van der Waals surface area contributed by atoms with Gasteiger partial charge in [0.1, 0.15) is 5.75 Å². The Morgan fingerprint density at radius 2 is 2.04 bits per heavy atom. The molecular weight excluding hydrogens is 290 g/mol. The summed E-state index contributed by atoms with van der Waals surface area (Å²) < 4.78 is 7.45. The number of carbonyl (C=O) groups is 1. The maximum atomic E-state index is 12.3. The molecular formula is C18H25N3O2. The molecule has 5 nitrogen and oxygen atoms in total. The van der Waals surface area contributed by atoms with E-state index in [1.807, 2.05) is 57.6 Å². The lowest BCUT2D eigenvalue weighted by molar-refractivity contribution is -0.116. The third-order valence-electron chi connectivity index (χ3n) is 3.97. The summed E-state index contributed by atoms with van der Waals surface area (Å²) in [5.41, 5.74) is 5.08. The van der Waals surface area contributed by atoms with E-state index in [9.17, 15) is 4.79 Å². The smallest absolute Gasteiger partial charge is 0.224 e. The molecule has 0 fully saturated rings. The Hall–Kier alpha value is -2.30. The van der Waals surface area contributed by atoms with Gasteiger partial charge in [0.15, 0.2) is 0 Å². The van der Waals surface area contributed by atoms with Crippen molar-refractivity contribution in [2.45, 2.75) is 40.5 Å². The van der Waals surface area contributed by atoms with E-state index in [2.05, 4.69) is 10.4 Å². The lowest BCUT2D eigenvalue weighted by Crippen LogP contribution is -2.14. The molecule has 0 aliphatic rings. The Labute approximate surface area is 137 Å². The summed E-state index contributed by atoms with van der Waals surface area (Å²) in [6.45, 7) is 8.51. The van der Waals surface area contributed by atoms with Crippen LogP contribution in [0, 0.1) is 20.8 Å². The van der Waals surface area contributed by atoms with Crippen molar-refractivity contribution >= 4 is 11.6 Å². The molecule has 0 aliphatic carbocycles. The second-order valence-corrected chi connectivity index (χ2v) is 5.75. The molecule has 0 bridgehead atoms. The maximum Gasteiger partial charge on any atom is 0.224 e. The number of hydrogen-bond donors (Lipinski definition) is 1. The van der Waals surface area contributed by atoms with E-state index in [4.69, 9.17) is 4.74 Å². The fourth-order valence-electron chi connectivity index (χ4n) is 2.64. The first-order chi connectivity index (χ1) is 10.9. The first kappa shape index (κ1) is 17.1. The van der Waals surface area contributed by atoms with Crippen molar-refractivity contribution in [3.63, 3.8) is 0 Å². The van der Waals surface area contributed by atoms with Crippen molar-refractivity contribution < 1.29 is 9.53 Å². The van der Waals surface area contributed by atoms with Crippen molar-refractivity contribution in [2.75, 3.05) is 11.9 Å². The minimum absolute atomic E-state index is 0.0162. The molecule has 0 saturated heterocycles. The number of ether oxygens (including phenoxy) is 1. The van der Waals surface area contributed by atoms with Crippen molar-refractivity contribution in [3.8, 4) is 5.75 Å². The molecule has 0 unspecified atom stereocenters. The van der Waals surface area contributed by atoms with Crippen LogP contribution in [0.4, 0.5) is 5.69 Å². The molecule has 0 saturated carbocycles. The Balaban J connectivity index is 2.02.